The second kappa shape index (κ2) is 10.3. The van der Waals surface area contributed by atoms with Gasteiger partial charge in [0, 0.05) is 33.6 Å². The Morgan fingerprint density at radius 1 is 1.32 bits per heavy atom. The Morgan fingerprint density at radius 2 is 2.03 bits per heavy atom. The van der Waals surface area contributed by atoms with Crippen LogP contribution in [0.15, 0.2) is 22.7 Å². The van der Waals surface area contributed by atoms with E-state index in [0.717, 1.165) is 5.69 Å². The third-order valence-electron chi connectivity index (χ3n) is 6.22. The maximum Gasteiger partial charge on any atom is 0.321 e. The summed E-state index contributed by atoms with van der Waals surface area (Å²) in [6.45, 7) is 7.83. The van der Waals surface area contributed by atoms with E-state index in [2.05, 4.69) is 10.5 Å². The number of likely N-dealkylation sites (N-methyl/N-ethyl adjacent to an activating group) is 1. The molecule has 2 N–H and O–H groups in total. The van der Waals surface area contributed by atoms with Crippen molar-refractivity contribution in [1.82, 2.24) is 15.0 Å². The number of amides is 3. The first-order valence-electron chi connectivity index (χ1n) is 11.4. The van der Waals surface area contributed by atoms with Crippen LogP contribution in [0.5, 0.6) is 5.75 Å². The van der Waals surface area contributed by atoms with E-state index in [9.17, 15) is 14.7 Å². The molecule has 3 rings (SSSR count). The summed E-state index contributed by atoms with van der Waals surface area (Å²) in [6.07, 6.45) is -0.401. The van der Waals surface area contributed by atoms with E-state index in [1.807, 2.05) is 45.0 Å². The van der Waals surface area contributed by atoms with Crippen molar-refractivity contribution in [3.63, 3.8) is 0 Å². The zero-order valence-corrected chi connectivity index (χ0v) is 21.0. The number of carbonyl (C=O) groups is 2. The van der Waals surface area contributed by atoms with Gasteiger partial charge in [-0.05, 0) is 32.9 Å². The molecule has 3 amide bonds. The highest BCUT2D eigenvalue weighted by Gasteiger charge is 2.35. The smallest absolute Gasteiger partial charge is 0.321 e. The molecular weight excluding hydrogens is 438 g/mol. The van der Waals surface area contributed by atoms with Gasteiger partial charge in [0.2, 0.25) is 0 Å². The first-order valence-corrected chi connectivity index (χ1v) is 11.4. The molecule has 0 fully saturated rings. The maximum atomic E-state index is 13.4. The Kier molecular flexibility index (Phi) is 7.71. The van der Waals surface area contributed by atoms with Crippen molar-refractivity contribution in [2.45, 2.75) is 39.8 Å². The van der Waals surface area contributed by atoms with Gasteiger partial charge in [-0.3, -0.25) is 4.79 Å². The fraction of sp³-hybridized carbons (Fsp3) is 0.542. The Labute approximate surface area is 200 Å². The van der Waals surface area contributed by atoms with Crippen molar-refractivity contribution in [2.75, 3.05) is 51.1 Å². The van der Waals surface area contributed by atoms with Gasteiger partial charge in [0.1, 0.15) is 17.5 Å². The van der Waals surface area contributed by atoms with Gasteiger partial charge in [0.15, 0.2) is 11.5 Å². The number of aliphatic hydroxyl groups excluding tert-OH is 1. The molecular formula is C24H35N5O5. The molecule has 0 spiro atoms. The molecule has 1 aliphatic rings. The molecule has 1 aromatic carbocycles. The van der Waals surface area contributed by atoms with Gasteiger partial charge in [0.05, 0.1) is 30.4 Å². The molecule has 10 nitrogen and oxygen atoms in total. The topological polar surface area (TPSA) is 111 Å². The molecule has 0 radical (unpaired) electrons. The number of nitrogens with one attached hydrogen (secondary N) is 1. The van der Waals surface area contributed by atoms with E-state index >= 15 is 0 Å². The summed E-state index contributed by atoms with van der Waals surface area (Å²) in [5, 5.41) is 16.5. The molecule has 186 valence electrons. The Bertz CT molecular complexity index is 1020. The van der Waals surface area contributed by atoms with Crippen molar-refractivity contribution in [2.24, 2.45) is 5.92 Å². The quantitative estimate of drug-likeness (QED) is 0.664. The number of anilines is 2. The number of aryl methyl sites for hydroxylation is 2. The molecule has 2 aromatic rings. The van der Waals surface area contributed by atoms with Gasteiger partial charge < -0.3 is 34.4 Å². The molecule has 0 saturated carbocycles. The van der Waals surface area contributed by atoms with Crippen molar-refractivity contribution < 1.29 is 24.0 Å². The van der Waals surface area contributed by atoms with Crippen LogP contribution in [0.25, 0.3) is 0 Å². The van der Waals surface area contributed by atoms with Crippen LogP contribution in [-0.2, 0) is 0 Å². The number of para-hydroxylation sites is 1. The number of aliphatic hydroxyl groups is 1. The fourth-order valence-corrected chi connectivity index (χ4v) is 4.01. The van der Waals surface area contributed by atoms with Gasteiger partial charge in [0.25, 0.3) is 5.91 Å². The highest BCUT2D eigenvalue weighted by atomic mass is 16.5. The predicted molar refractivity (Wildman–Crippen MR) is 130 cm³/mol. The number of carbonyl (C=O) groups excluding carboxylic acids is 2. The zero-order chi connectivity index (χ0) is 25.2. The van der Waals surface area contributed by atoms with E-state index in [4.69, 9.17) is 9.26 Å². The number of fused-ring (bicyclic) bond motifs is 1. The minimum Gasteiger partial charge on any atom is -0.485 e. The first-order chi connectivity index (χ1) is 16.0. The predicted octanol–water partition coefficient (Wildman–Crippen LogP) is 2.74. The number of benzene rings is 1. The number of hydrogen-bond donors (Lipinski definition) is 2. The van der Waals surface area contributed by atoms with E-state index in [-0.39, 0.29) is 37.0 Å². The third-order valence-corrected chi connectivity index (χ3v) is 6.22. The minimum atomic E-state index is -0.401. The lowest BCUT2D eigenvalue weighted by molar-refractivity contribution is 0.0372. The molecule has 0 bridgehead atoms. The van der Waals surface area contributed by atoms with E-state index < -0.39 is 6.10 Å². The van der Waals surface area contributed by atoms with Crippen molar-refractivity contribution >= 4 is 23.3 Å². The summed E-state index contributed by atoms with van der Waals surface area (Å²) in [5.41, 5.74) is 2.36. The SMILES string of the molecule is Cc1noc(C)c1NC(=O)N(C)C[C@@H]1Oc2c(cccc2N(C)C)C(=O)N([C@@H](C)CO)C[C@@H]1C. The average Bonchev–Trinajstić information content (AvgIpc) is 3.12. The number of hydrogen-bond acceptors (Lipinski definition) is 7. The second-order valence-electron chi connectivity index (χ2n) is 9.18. The Morgan fingerprint density at radius 3 is 2.62 bits per heavy atom. The van der Waals surface area contributed by atoms with Crippen LogP contribution in [-0.4, -0.2) is 85.0 Å². The number of urea groups is 1. The molecule has 10 heteroatoms. The molecule has 0 aliphatic carbocycles. The van der Waals surface area contributed by atoms with Gasteiger partial charge >= 0.3 is 6.03 Å². The summed E-state index contributed by atoms with van der Waals surface area (Å²) in [7, 11) is 5.47. The molecule has 34 heavy (non-hydrogen) atoms. The number of nitrogens with zero attached hydrogens (tertiary/aromatic N) is 4. The standard InChI is InChI=1S/C24H35N5O5/c1-14-11-29(15(2)13-30)23(31)18-9-8-10-19(27(5)6)22(18)33-20(14)12-28(7)24(32)25-21-16(3)26-34-17(21)4/h8-10,14-15,20,30H,11-13H2,1-7H3,(H,25,32)/t14-,15-,20-/m0/s1. The fourth-order valence-electron chi connectivity index (χ4n) is 4.01. The molecule has 2 heterocycles. The largest absolute Gasteiger partial charge is 0.485 e. The highest BCUT2D eigenvalue weighted by Crippen LogP contribution is 2.36. The highest BCUT2D eigenvalue weighted by molar-refractivity contribution is 5.99. The van der Waals surface area contributed by atoms with Gasteiger partial charge in [-0.15, -0.1) is 0 Å². The summed E-state index contributed by atoms with van der Waals surface area (Å²) >= 11 is 0. The normalized spacial score (nSPS) is 18.9. The summed E-state index contributed by atoms with van der Waals surface area (Å²) in [4.78, 5) is 31.5. The van der Waals surface area contributed by atoms with Gasteiger partial charge in [-0.1, -0.05) is 18.1 Å². The molecule has 0 unspecified atom stereocenters. The first kappa shape index (κ1) is 25.4. The van der Waals surface area contributed by atoms with E-state index in [1.165, 1.54) is 0 Å². The summed E-state index contributed by atoms with van der Waals surface area (Å²) in [5.74, 6) is 0.709. The lowest BCUT2D eigenvalue weighted by atomic mass is 9.99. The van der Waals surface area contributed by atoms with Gasteiger partial charge in [-0.2, -0.15) is 0 Å². The summed E-state index contributed by atoms with van der Waals surface area (Å²) in [6, 6.07) is 4.78. The van der Waals surface area contributed by atoms with Crippen molar-refractivity contribution in [1.29, 1.82) is 0 Å². The Hall–Kier alpha value is -3.27. The molecule has 1 aromatic heterocycles. The van der Waals surface area contributed by atoms with Crippen LogP contribution < -0.4 is 15.0 Å². The van der Waals surface area contributed by atoms with Crippen molar-refractivity contribution in [3.05, 3.63) is 35.2 Å². The number of ether oxygens (including phenoxy) is 1. The van der Waals surface area contributed by atoms with Crippen LogP contribution in [0.1, 0.15) is 35.7 Å². The third kappa shape index (κ3) is 5.11. The second-order valence-corrected chi connectivity index (χ2v) is 9.18. The van der Waals surface area contributed by atoms with Crippen LogP contribution in [0.4, 0.5) is 16.2 Å². The van der Waals surface area contributed by atoms with Gasteiger partial charge in [-0.25, -0.2) is 4.79 Å². The molecule has 1 aliphatic heterocycles. The van der Waals surface area contributed by atoms with Crippen LogP contribution in [0.2, 0.25) is 0 Å². The lowest BCUT2D eigenvalue weighted by Gasteiger charge is -2.39. The molecule has 3 atom stereocenters. The monoisotopic (exact) mass is 473 g/mol. The number of rotatable bonds is 6. The molecule has 0 saturated heterocycles. The number of aromatic nitrogens is 1. The van der Waals surface area contributed by atoms with E-state index in [1.54, 1.807) is 36.8 Å². The average molecular weight is 474 g/mol. The Balaban J connectivity index is 1.92. The van der Waals surface area contributed by atoms with E-state index in [0.29, 0.717) is 35.0 Å². The summed E-state index contributed by atoms with van der Waals surface area (Å²) < 4.78 is 11.6. The van der Waals surface area contributed by atoms with Crippen LogP contribution in [0.3, 0.4) is 0 Å². The maximum absolute atomic E-state index is 13.4. The lowest BCUT2D eigenvalue weighted by Crippen LogP contribution is -2.50. The van der Waals surface area contributed by atoms with Crippen LogP contribution in [0, 0.1) is 19.8 Å². The minimum absolute atomic E-state index is 0.115. The van der Waals surface area contributed by atoms with Crippen LogP contribution >= 0.6 is 0 Å². The van der Waals surface area contributed by atoms with Crippen molar-refractivity contribution in [3.8, 4) is 5.75 Å². The zero-order valence-electron chi connectivity index (χ0n) is 21.0.